The van der Waals surface area contributed by atoms with Gasteiger partial charge in [0.15, 0.2) is 0 Å². The monoisotopic (exact) mass is 212 g/mol. The van der Waals surface area contributed by atoms with E-state index in [0.717, 1.165) is 24.1 Å². The first-order chi connectivity index (χ1) is 7.74. The van der Waals surface area contributed by atoms with Crippen molar-refractivity contribution < 1.29 is 0 Å². The number of fused-ring (bicyclic) bond motifs is 2. The molecule has 1 aromatic carbocycles. The minimum absolute atomic E-state index is 0.260. The minimum Gasteiger partial charge on any atom is -0.383 e. The topological polar surface area (TPSA) is 77.8 Å². The summed E-state index contributed by atoms with van der Waals surface area (Å²) < 4.78 is 0. The number of rotatable bonds is 0. The average Bonchev–Trinajstić information content (AvgIpc) is 2.27. The lowest BCUT2D eigenvalue weighted by molar-refractivity contribution is 0.925. The molecule has 1 aliphatic carbocycles. The zero-order valence-electron chi connectivity index (χ0n) is 8.77. The molecule has 2 aromatic rings. The van der Waals surface area contributed by atoms with Gasteiger partial charge in [-0.1, -0.05) is 24.3 Å². The Morgan fingerprint density at radius 3 is 2.38 bits per heavy atom. The largest absolute Gasteiger partial charge is 0.383 e. The van der Waals surface area contributed by atoms with Gasteiger partial charge in [-0.15, -0.1) is 0 Å². The smallest absolute Gasteiger partial charge is 0.222 e. The highest BCUT2D eigenvalue weighted by molar-refractivity contribution is 5.53. The third-order valence-electron chi connectivity index (χ3n) is 2.99. The molecule has 0 bridgehead atoms. The van der Waals surface area contributed by atoms with Gasteiger partial charge < -0.3 is 11.5 Å². The number of hydrogen-bond donors (Lipinski definition) is 2. The highest BCUT2D eigenvalue weighted by atomic mass is 15.0. The summed E-state index contributed by atoms with van der Waals surface area (Å²) in [6.45, 7) is 0. The van der Waals surface area contributed by atoms with Gasteiger partial charge >= 0.3 is 0 Å². The number of nitrogen functional groups attached to an aromatic ring is 2. The van der Waals surface area contributed by atoms with Crippen molar-refractivity contribution in [3.05, 3.63) is 46.6 Å². The molecule has 0 amide bonds. The predicted octanol–water partition coefficient (Wildman–Crippen LogP) is 1.14. The van der Waals surface area contributed by atoms with Gasteiger partial charge in [-0.25, -0.2) is 4.98 Å². The number of benzene rings is 1. The van der Waals surface area contributed by atoms with Crippen molar-refractivity contribution in [2.45, 2.75) is 12.8 Å². The van der Waals surface area contributed by atoms with Crippen molar-refractivity contribution >= 4 is 11.8 Å². The second kappa shape index (κ2) is 3.20. The molecule has 0 saturated carbocycles. The van der Waals surface area contributed by atoms with Gasteiger partial charge in [0.2, 0.25) is 5.95 Å². The molecular formula is C12H12N4. The molecule has 4 heteroatoms. The van der Waals surface area contributed by atoms with Crippen molar-refractivity contribution in [3.8, 4) is 0 Å². The average molecular weight is 212 g/mol. The fourth-order valence-electron chi connectivity index (χ4n) is 2.18. The molecule has 0 saturated heterocycles. The molecule has 3 rings (SSSR count). The Bertz CT molecular complexity index is 563. The van der Waals surface area contributed by atoms with Crippen LogP contribution in [-0.4, -0.2) is 9.97 Å². The van der Waals surface area contributed by atoms with Crippen molar-refractivity contribution in [1.82, 2.24) is 9.97 Å². The van der Waals surface area contributed by atoms with E-state index in [1.165, 1.54) is 11.1 Å². The van der Waals surface area contributed by atoms with Gasteiger partial charge in [-0.3, -0.25) is 0 Å². The van der Waals surface area contributed by atoms with Crippen LogP contribution in [0, 0.1) is 0 Å². The van der Waals surface area contributed by atoms with Crippen LogP contribution >= 0.6 is 0 Å². The molecule has 80 valence electrons. The fourth-order valence-corrected chi connectivity index (χ4v) is 2.18. The van der Waals surface area contributed by atoms with E-state index in [-0.39, 0.29) is 5.95 Å². The summed E-state index contributed by atoms with van der Waals surface area (Å²) in [6.07, 6.45) is 1.60. The molecule has 1 aliphatic rings. The third-order valence-corrected chi connectivity index (χ3v) is 2.99. The SMILES string of the molecule is Nc1nc(N)c2c(n1)Cc1ccccc1C2. The van der Waals surface area contributed by atoms with E-state index in [2.05, 4.69) is 22.1 Å². The summed E-state index contributed by atoms with van der Waals surface area (Å²) in [4.78, 5) is 8.26. The second-order valence-electron chi connectivity index (χ2n) is 4.01. The first-order valence-corrected chi connectivity index (χ1v) is 5.21. The van der Waals surface area contributed by atoms with E-state index in [4.69, 9.17) is 11.5 Å². The second-order valence-corrected chi connectivity index (χ2v) is 4.01. The van der Waals surface area contributed by atoms with Crippen LogP contribution in [0.4, 0.5) is 11.8 Å². The molecule has 0 fully saturated rings. The summed E-state index contributed by atoms with van der Waals surface area (Å²) in [5, 5.41) is 0. The zero-order chi connectivity index (χ0) is 11.1. The van der Waals surface area contributed by atoms with Crippen molar-refractivity contribution in [2.24, 2.45) is 0 Å². The van der Waals surface area contributed by atoms with Crippen LogP contribution in [0.15, 0.2) is 24.3 Å². The van der Waals surface area contributed by atoms with E-state index in [1.807, 2.05) is 12.1 Å². The Labute approximate surface area is 93.3 Å². The Kier molecular flexibility index (Phi) is 1.83. The molecule has 16 heavy (non-hydrogen) atoms. The van der Waals surface area contributed by atoms with Crippen LogP contribution in [0.5, 0.6) is 0 Å². The molecule has 4 N–H and O–H groups in total. The molecule has 0 radical (unpaired) electrons. The van der Waals surface area contributed by atoms with E-state index in [0.29, 0.717) is 5.82 Å². The minimum atomic E-state index is 0.260. The first kappa shape index (κ1) is 9.15. The van der Waals surface area contributed by atoms with Crippen molar-refractivity contribution in [1.29, 1.82) is 0 Å². The molecule has 0 unspecified atom stereocenters. The third kappa shape index (κ3) is 1.31. The van der Waals surface area contributed by atoms with Crippen molar-refractivity contribution in [3.63, 3.8) is 0 Å². The Morgan fingerprint density at radius 2 is 1.62 bits per heavy atom. The lowest BCUT2D eigenvalue weighted by Gasteiger charge is -2.19. The van der Waals surface area contributed by atoms with Crippen molar-refractivity contribution in [2.75, 3.05) is 11.5 Å². The molecule has 1 aromatic heterocycles. The Balaban J connectivity index is 2.15. The van der Waals surface area contributed by atoms with Gasteiger partial charge in [0, 0.05) is 18.4 Å². The first-order valence-electron chi connectivity index (χ1n) is 5.21. The van der Waals surface area contributed by atoms with Gasteiger partial charge in [0.05, 0.1) is 5.69 Å². The number of aromatic nitrogens is 2. The number of nitrogens with two attached hydrogens (primary N) is 2. The molecular weight excluding hydrogens is 200 g/mol. The highest BCUT2D eigenvalue weighted by Gasteiger charge is 2.19. The Hall–Kier alpha value is -2.10. The van der Waals surface area contributed by atoms with Gasteiger partial charge in [0.25, 0.3) is 0 Å². The van der Waals surface area contributed by atoms with Crippen LogP contribution in [0.1, 0.15) is 22.4 Å². The van der Waals surface area contributed by atoms with Crippen LogP contribution in [0.25, 0.3) is 0 Å². The Morgan fingerprint density at radius 1 is 0.938 bits per heavy atom. The van der Waals surface area contributed by atoms with Crippen LogP contribution < -0.4 is 11.5 Å². The van der Waals surface area contributed by atoms with E-state index >= 15 is 0 Å². The van der Waals surface area contributed by atoms with E-state index in [9.17, 15) is 0 Å². The summed E-state index contributed by atoms with van der Waals surface area (Å²) in [7, 11) is 0. The lowest BCUT2D eigenvalue weighted by Crippen LogP contribution is -2.14. The van der Waals surface area contributed by atoms with Crippen LogP contribution in [-0.2, 0) is 12.8 Å². The number of anilines is 2. The molecule has 0 spiro atoms. The summed E-state index contributed by atoms with van der Waals surface area (Å²) >= 11 is 0. The van der Waals surface area contributed by atoms with Crippen LogP contribution in [0.2, 0.25) is 0 Å². The standard InChI is InChI=1S/C12H12N4/c13-11-9-5-7-3-1-2-4-8(7)6-10(9)15-12(14)16-11/h1-4H,5-6H2,(H4,13,14,15,16). The summed E-state index contributed by atoms with van der Waals surface area (Å²) in [5.74, 6) is 0.771. The van der Waals surface area contributed by atoms with Gasteiger partial charge in [0.1, 0.15) is 5.82 Å². The maximum atomic E-state index is 5.87. The highest BCUT2D eigenvalue weighted by Crippen LogP contribution is 2.28. The fraction of sp³-hybridized carbons (Fsp3) is 0.167. The van der Waals surface area contributed by atoms with E-state index < -0.39 is 0 Å². The molecule has 0 aliphatic heterocycles. The maximum Gasteiger partial charge on any atom is 0.222 e. The maximum absolute atomic E-state index is 5.87. The summed E-state index contributed by atoms with van der Waals surface area (Å²) in [6, 6.07) is 8.32. The number of nitrogens with zero attached hydrogens (tertiary/aromatic N) is 2. The molecule has 0 atom stereocenters. The predicted molar refractivity (Wildman–Crippen MR) is 62.9 cm³/mol. The lowest BCUT2D eigenvalue weighted by atomic mass is 9.89. The van der Waals surface area contributed by atoms with E-state index in [1.54, 1.807) is 0 Å². The normalized spacial score (nSPS) is 13.0. The quantitative estimate of drug-likeness (QED) is 0.585. The summed E-state index contributed by atoms with van der Waals surface area (Å²) in [5.41, 5.74) is 16.1. The molecule has 1 heterocycles. The molecule has 4 nitrogen and oxygen atoms in total. The van der Waals surface area contributed by atoms with Crippen LogP contribution in [0.3, 0.4) is 0 Å². The van der Waals surface area contributed by atoms with Gasteiger partial charge in [-0.05, 0) is 11.1 Å². The van der Waals surface area contributed by atoms with Gasteiger partial charge in [-0.2, -0.15) is 4.98 Å². The number of hydrogen-bond acceptors (Lipinski definition) is 4. The zero-order valence-corrected chi connectivity index (χ0v) is 8.77.